The van der Waals surface area contributed by atoms with Crippen molar-refractivity contribution < 1.29 is 9.32 Å². The first kappa shape index (κ1) is 18.4. The van der Waals surface area contributed by atoms with E-state index in [0.29, 0.717) is 11.7 Å². The Labute approximate surface area is 171 Å². The summed E-state index contributed by atoms with van der Waals surface area (Å²) < 4.78 is 5.44. The van der Waals surface area contributed by atoms with Crippen LogP contribution in [0.2, 0.25) is 0 Å². The van der Waals surface area contributed by atoms with Gasteiger partial charge in [0.25, 0.3) is 5.91 Å². The number of hydrogen-bond acceptors (Lipinski definition) is 4. The van der Waals surface area contributed by atoms with Gasteiger partial charge in [0.1, 0.15) is 0 Å². The quantitative estimate of drug-likeness (QED) is 0.662. The van der Waals surface area contributed by atoms with Gasteiger partial charge in [-0.3, -0.25) is 9.69 Å². The second-order valence-electron chi connectivity index (χ2n) is 8.33. The van der Waals surface area contributed by atoms with E-state index in [0.717, 1.165) is 64.1 Å². The molecule has 0 radical (unpaired) electrons. The molecule has 5 rings (SSSR count). The van der Waals surface area contributed by atoms with Crippen LogP contribution in [-0.2, 0) is 6.54 Å². The number of rotatable bonds is 4. The first-order chi connectivity index (χ1) is 14.3. The third-order valence-electron chi connectivity index (χ3n) is 6.33. The van der Waals surface area contributed by atoms with Crippen LogP contribution >= 0.6 is 0 Å². The second-order valence-corrected chi connectivity index (χ2v) is 8.33. The fourth-order valence-corrected chi connectivity index (χ4v) is 4.77. The van der Waals surface area contributed by atoms with Crippen molar-refractivity contribution in [2.75, 3.05) is 26.2 Å². The lowest BCUT2D eigenvalue weighted by Crippen LogP contribution is -2.34. The fraction of sp³-hybridized carbons (Fsp3) is 0.417. The van der Waals surface area contributed by atoms with Crippen molar-refractivity contribution in [3.8, 4) is 0 Å². The molecule has 2 fully saturated rings. The maximum atomic E-state index is 12.6. The van der Waals surface area contributed by atoms with Crippen LogP contribution < -0.4 is 0 Å². The number of benzene rings is 2. The van der Waals surface area contributed by atoms with Gasteiger partial charge in [-0.05, 0) is 48.6 Å². The van der Waals surface area contributed by atoms with Gasteiger partial charge in [-0.2, -0.15) is 0 Å². The van der Waals surface area contributed by atoms with Crippen LogP contribution in [0, 0.1) is 0 Å². The molecule has 3 aromatic rings. The number of nitrogens with zero attached hydrogens (tertiary/aromatic N) is 3. The number of carbonyl (C=O) groups is 1. The molecule has 0 spiro atoms. The molecule has 2 aliphatic rings. The first-order valence-corrected chi connectivity index (χ1v) is 10.7. The zero-order valence-corrected chi connectivity index (χ0v) is 16.7. The number of aromatic nitrogens is 1. The standard InChI is InChI=1S/C24H27N3O2/c28-24(27-13-3-4-14-27)23-15-22(25-29-23)20-10-6-12-26(17-20)16-19-9-5-8-18-7-1-2-11-21(18)19/h1-2,5,7-9,11,15,20H,3-4,6,10,12-14,16-17H2. The van der Waals surface area contributed by atoms with E-state index in [1.807, 2.05) is 11.0 Å². The highest BCUT2D eigenvalue weighted by Gasteiger charge is 2.28. The van der Waals surface area contributed by atoms with Crippen LogP contribution in [0.4, 0.5) is 0 Å². The van der Waals surface area contributed by atoms with E-state index in [1.165, 1.54) is 16.3 Å². The molecule has 2 saturated heterocycles. The highest BCUT2D eigenvalue weighted by atomic mass is 16.5. The molecule has 1 aromatic heterocycles. The minimum absolute atomic E-state index is 0.00956. The maximum Gasteiger partial charge on any atom is 0.292 e. The summed E-state index contributed by atoms with van der Waals surface area (Å²) in [7, 11) is 0. The number of hydrogen-bond donors (Lipinski definition) is 0. The van der Waals surface area contributed by atoms with Crippen molar-refractivity contribution in [3.05, 3.63) is 65.5 Å². The molecule has 0 bridgehead atoms. The number of likely N-dealkylation sites (tertiary alicyclic amines) is 2. The fourth-order valence-electron chi connectivity index (χ4n) is 4.77. The summed E-state index contributed by atoms with van der Waals surface area (Å²) in [6, 6.07) is 17.0. The molecule has 5 heteroatoms. The van der Waals surface area contributed by atoms with Crippen LogP contribution in [0.15, 0.2) is 53.1 Å². The van der Waals surface area contributed by atoms with Crippen LogP contribution in [0.25, 0.3) is 10.8 Å². The number of piperidine rings is 1. The lowest BCUT2D eigenvalue weighted by Gasteiger charge is -2.32. The van der Waals surface area contributed by atoms with Crippen molar-refractivity contribution in [1.82, 2.24) is 15.0 Å². The molecule has 3 heterocycles. The van der Waals surface area contributed by atoms with Crippen molar-refractivity contribution in [3.63, 3.8) is 0 Å². The summed E-state index contributed by atoms with van der Waals surface area (Å²) >= 11 is 0. The van der Waals surface area contributed by atoms with Gasteiger partial charge < -0.3 is 9.42 Å². The van der Waals surface area contributed by atoms with E-state index in [1.54, 1.807) is 0 Å². The lowest BCUT2D eigenvalue weighted by molar-refractivity contribution is 0.0751. The summed E-state index contributed by atoms with van der Waals surface area (Å²) in [5, 5.41) is 6.90. The van der Waals surface area contributed by atoms with Gasteiger partial charge in [0.2, 0.25) is 5.76 Å². The van der Waals surface area contributed by atoms with E-state index in [2.05, 4.69) is 52.5 Å². The molecular formula is C24H27N3O2. The monoisotopic (exact) mass is 389 g/mol. The molecule has 5 nitrogen and oxygen atoms in total. The number of carbonyl (C=O) groups excluding carboxylic acids is 1. The molecule has 0 saturated carbocycles. The Kier molecular flexibility index (Phi) is 5.06. The normalized spacial score (nSPS) is 20.4. The van der Waals surface area contributed by atoms with Gasteiger partial charge in [0, 0.05) is 38.2 Å². The van der Waals surface area contributed by atoms with E-state index < -0.39 is 0 Å². The van der Waals surface area contributed by atoms with Gasteiger partial charge in [-0.25, -0.2) is 0 Å². The molecule has 1 amide bonds. The molecule has 1 atom stereocenters. The van der Waals surface area contributed by atoms with Crippen LogP contribution in [-0.4, -0.2) is 47.0 Å². The summed E-state index contributed by atoms with van der Waals surface area (Å²) in [5.74, 6) is 0.709. The SMILES string of the molecule is O=C(c1cc(C2CCCN(Cc3cccc4ccccc34)C2)no1)N1CCCC1. The van der Waals surface area contributed by atoms with Gasteiger partial charge in [0.15, 0.2) is 0 Å². The van der Waals surface area contributed by atoms with Crippen molar-refractivity contribution in [2.45, 2.75) is 38.1 Å². The zero-order chi connectivity index (χ0) is 19.6. The van der Waals surface area contributed by atoms with Gasteiger partial charge in [0.05, 0.1) is 5.69 Å². The molecule has 150 valence electrons. The highest BCUT2D eigenvalue weighted by Crippen LogP contribution is 2.29. The Morgan fingerprint density at radius 2 is 1.86 bits per heavy atom. The maximum absolute atomic E-state index is 12.6. The Balaban J connectivity index is 1.29. The molecule has 2 aromatic carbocycles. The number of fused-ring (bicyclic) bond motifs is 1. The number of amides is 1. The average Bonchev–Trinajstić information content (AvgIpc) is 3.46. The van der Waals surface area contributed by atoms with E-state index in [-0.39, 0.29) is 5.91 Å². The predicted octanol–water partition coefficient (Wildman–Crippen LogP) is 4.44. The smallest absolute Gasteiger partial charge is 0.292 e. The van der Waals surface area contributed by atoms with Crippen LogP contribution in [0.1, 0.15) is 53.4 Å². The summed E-state index contributed by atoms with van der Waals surface area (Å²) in [6.07, 6.45) is 4.39. The average molecular weight is 389 g/mol. The van der Waals surface area contributed by atoms with Gasteiger partial charge in [-0.1, -0.05) is 47.6 Å². The largest absolute Gasteiger partial charge is 0.351 e. The summed E-state index contributed by atoms with van der Waals surface area (Å²) in [5.41, 5.74) is 2.30. The molecule has 0 aliphatic carbocycles. The molecule has 0 N–H and O–H groups in total. The highest BCUT2D eigenvalue weighted by molar-refractivity contribution is 5.91. The molecule has 2 aliphatic heterocycles. The van der Waals surface area contributed by atoms with Gasteiger partial charge in [-0.15, -0.1) is 0 Å². The second kappa shape index (κ2) is 7.99. The minimum atomic E-state index is -0.00956. The van der Waals surface area contributed by atoms with E-state index >= 15 is 0 Å². The Morgan fingerprint density at radius 1 is 1.03 bits per heavy atom. The Bertz CT molecular complexity index is 1000. The van der Waals surface area contributed by atoms with Crippen LogP contribution in [0.3, 0.4) is 0 Å². The molecule has 29 heavy (non-hydrogen) atoms. The lowest BCUT2D eigenvalue weighted by atomic mass is 9.94. The van der Waals surface area contributed by atoms with Crippen molar-refractivity contribution in [1.29, 1.82) is 0 Å². The van der Waals surface area contributed by atoms with E-state index in [4.69, 9.17) is 4.52 Å². The summed E-state index contributed by atoms with van der Waals surface area (Å²) in [4.78, 5) is 16.9. The predicted molar refractivity (Wildman–Crippen MR) is 113 cm³/mol. The third-order valence-corrected chi connectivity index (χ3v) is 6.33. The van der Waals surface area contributed by atoms with E-state index in [9.17, 15) is 4.79 Å². The Morgan fingerprint density at radius 3 is 2.76 bits per heavy atom. The topological polar surface area (TPSA) is 49.6 Å². The van der Waals surface area contributed by atoms with Crippen LogP contribution in [0.5, 0.6) is 0 Å². The van der Waals surface area contributed by atoms with Crippen molar-refractivity contribution >= 4 is 16.7 Å². The van der Waals surface area contributed by atoms with Gasteiger partial charge >= 0.3 is 0 Å². The Hall–Kier alpha value is -2.66. The molecule has 1 unspecified atom stereocenters. The van der Waals surface area contributed by atoms with Crippen molar-refractivity contribution in [2.24, 2.45) is 0 Å². The first-order valence-electron chi connectivity index (χ1n) is 10.7. The molecular weight excluding hydrogens is 362 g/mol. The third kappa shape index (κ3) is 3.79. The zero-order valence-electron chi connectivity index (χ0n) is 16.7. The summed E-state index contributed by atoms with van der Waals surface area (Å²) in [6.45, 7) is 4.65. The minimum Gasteiger partial charge on any atom is -0.351 e.